The number of urea groups is 1. The van der Waals surface area contributed by atoms with E-state index in [0.717, 1.165) is 32.7 Å². The van der Waals surface area contributed by atoms with Crippen molar-refractivity contribution in [2.24, 2.45) is 0 Å². The third-order valence-electron chi connectivity index (χ3n) is 5.24. The molecule has 1 fully saturated rings. The highest BCUT2D eigenvalue weighted by Gasteiger charge is 2.32. The van der Waals surface area contributed by atoms with Crippen molar-refractivity contribution in [2.45, 2.75) is 32.9 Å². The van der Waals surface area contributed by atoms with Gasteiger partial charge in [-0.2, -0.15) is 0 Å². The summed E-state index contributed by atoms with van der Waals surface area (Å²) in [6.45, 7) is 9.27. The molecule has 0 aromatic heterocycles. The molecule has 7 nitrogen and oxygen atoms in total. The van der Waals surface area contributed by atoms with Gasteiger partial charge in [0.25, 0.3) is 0 Å². The van der Waals surface area contributed by atoms with Gasteiger partial charge in [-0.05, 0) is 18.9 Å². The molecule has 0 bridgehead atoms. The molecule has 0 radical (unpaired) electrons. The fourth-order valence-electron chi connectivity index (χ4n) is 3.76. The SMILES string of the molecule is CCOC(=O)C1=C(CN2CCN(Cc3ccccc3)CC2)NC(=O)N[C@@H]1CC. The number of amides is 2. The first-order chi connectivity index (χ1) is 13.6. The Morgan fingerprint density at radius 2 is 1.71 bits per heavy atom. The maximum Gasteiger partial charge on any atom is 0.337 e. The van der Waals surface area contributed by atoms with Crippen LogP contribution in [0.5, 0.6) is 0 Å². The predicted molar refractivity (Wildman–Crippen MR) is 108 cm³/mol. The molecule has 1 atom stereocenters. The lowest BCUT2D eigenvalue weighted by molar-refractivity contribution is -0.139. The van der Waals surface area contributed by atoms with Crippen molar-refractivity contribution in [1.82, 2.24) is 20.4 Å². The van der Waals surface area contributed by atoms with Crippen LogP contribution in [-0.4, -0.2) is 67.2 Å². The number of carbonyl (C=O) groups is 2. The van der Waals surface area contributed by atoms with Crippen molar-refractivity contribution < 1.29 is 14.3 Å². The van der Waals surface area contributed by atoms with Gasteiger partial charge in [0, 0.05) is 45.0 Å². The molecule has 2 aliphatic rings. The highest BCUT2D eigenvalue weighted by molar-refractivity contribution is 5.94. The summed E-state index contributed by atoms with van der Waals surface area (Å²) in [5, 5.41) is 5.66. The quantitative estimate of drug-likeness (QED) is 0.698. The first-order valence-electron chi connectivity index (χ1n) is 10.1. The second kappa shape index (κ2) is 9.71. The average molecular weight is 386 g/mol. The zero-order chi connectivity index (χ0) is 19.9. The van der Waals surface area contributed by atoms with Crippen LogP contribution in [0.25, 0.3) is 0 Å². The van der Waals surface area contributed by atoms with Crippen LogP contribution in [0.4, 0.5) is 4.79 Å². The molecule has 7 heteroatoms. The molecule has 2 aliphatic heterocycles. The second-order valence-corrected chi connectivity index (χ2v) is 7.21. The van der Waals surface area contributed by atoms with Crippen LogP contribution in [0.15, 0.2) is 41.6 Å². The monoisotopic (exact) mass is 386 g/mol. The summed E-state index contributed by atoms with van der Waals surface area (Å²) < 4.78 is 5.24. The molecular formula is C21H30N4O3. The third kappa shape index (κ3) is 5.11. The van der Waals surface area contributed by atoms with Gasteiger partial charge in [-0.1, -0.05) is 37.3 Å². The molecule has 3 rings (SSSR count). The Kier molecular flexibility index (Phi) is 7.06. The van der Waals surface area contributed by atoms with Crippen LogP contribution in [0.3, 0.4) is 0 Å². The van der Waals surface area contributed by atoms with E-state index < -0.39 is 0 Å². The van der Waals surface area contributed by atoms with E-state index in [0.29, 0.717) is 30.8 Å². The molecule has 1 aromatic carbocycles. The molecule has 0 spiro atoms. The zero-order valence-corrected chi connectivity index (χ0v) is 16.7. The molecule has 152 valence electrons. The van der Waals surface area contributed by atoms with Gasteiger partial charge in [0.15, 0.2) is 0 Å². The first kappa shape index (κ1) is 20.4. The maximum atomic E-state index is 12.5. The van der Waals surface area contributed by atoms with Crippen LogP contribution < -0.4 is 10.6 Å². The van der Waals surface area contributed by atoms with Crippen LogP contribution in [0.1, 0.15) is 25.8 Å². The molecule has 0 saturated carbocycles. The lowest BCUT2D eigenvalue weighted by atomic mass is 10.00. The minimum atomic E-state index is -0.348. The topological polar surface area (TPSA) is 73.9 Å². The average Bonchev–Trinajstić information content (AvgIpc) is 2.70. The van der Waals surface area contributed by atoms with E-state index in [1.165, 1.54) is 5.56 Å². The van der Waals surface area contributed by atoms with Gasteiger partial charge in [-0.25, -0.2) is 9.59 Å². The third-order valence-corrected chi connectivity index (χ3v) is 5.24. The minimum absolute atomic E-state index is 0.252. The van der Waals surface area contributed by atoms with E-state index in [9.17, 15) is 9.59 Å². The lowest BCUT2D eigenvalue weighted by Gasteiger charge is -2.37. The van der Waals surface area contributed by atoms with Gasteiger partial charge < -0.3 is 15.4 Å². The standard InChI is InChI=1S/C21H30N4O3/c1-3-17-19(20(26)28-4-2)18(23-21(27)22-17)15-25-12-10-24(11-13-25)14-16-8-6-5-7-9-16/h5-9,17H,3-4,10-15H2,1-2H3,(H2,22,23,27)/t17-/m1/s1. The van der Waals surface area contributed by atoms with Gasteiger partial charge in [-0.3, -0.25) is 9.80 Å². The maximum absolute atomic E-state index is 12.5. The molecule has 28 heavy (non-hydrogen) atoms. The molecule has 0 aliphatic carbocycles. The van der Waals surface area contributed by atoms with Crippen molar-refractivity contribution in [3.63, 3.8) is 0 Å². The van der Waals surface area contributed by atoms with Crippen molar-refractivity contribution in [2.75, 3.05) is 39.3 Å². The summed E-state index contributed by atoms with van der Waals surface area (Å²) in [4.78, 5) is 29.2. The number of rotatable bonds is 7. The summed E-state index contributed by atoms with van der Waals surface area (Å²) in [6, 6.07) is 9.92. The number of esters is 1. The van der Waals surface area contributed by atoms with Crippen LogP contribution in [-0.2, 0) is 16.1 Å². The van der Waals surface area contributed by atoms with Crippen LogP contribution >= 0.6 is 0 Å². The first-order valence-corrected chi connectivity index (χ1v) is 10.1. The Morgan fingerprint density at radius 1 is 1.07 bits per heavy atom. The molecule has 2 heterocycles. The zero-order valence-electron chi connectivity index (χ0n) is 16.7. The van der Waals surface area contributed by atoms with Crippen LogP contribution in [0, 0.1) is 0 Å². The van der Waals surface area contributed by atoms with Crippen molar-refractivity contribution in [3.8, 4) is 0 Å². The molecule has 1 aromatic rings. The van der Waals surface area contributed by atoms with Crippen LogP contribution in [0.2, 0.25) is 0 Å². The second-order valence-electron chi connectivity index (χ2n) is 7.21. The number of nitrogens with zero attached hydrogens (tertiary/aromatic N) is 2. The summed E-state index contributed by atoms with van der Waals surface area (Å²) >= 11 is 0. The normalized spacial score (nSPS) is 21.2. The van der Waals surface area contributed by atoms with Gasteiger partial charge in [0.2, 0.25) is 0 Å². The molecule has 2 N–H and O–H groups in total. The number of carbonyl (C=O) groups excluding carboxylic acids is 2. The van der Waals surface area contributed by atoms with Crippen molar-refractivity contribution in [1.29, 1.82) is 0 Å². The molecular weight excluding hydrogens is 356 g/mol. The number of benzene rings is 1. The Morgan fingerprint density at radius 3 is 2.32 bits per heavy atom. The Balaban J connectivity index is 1.63. The van der Waals surface area contributed by atoms with Gasteiger partial charge in [-0.15, -0.1) is 0 Å². The fourth-order valence-corrected chi connectivity index (χ4v) is 3.76. The van der Waals surface area contributed by atoms with E-state index in [2.05, 4.69) is 44.7 Å². The number of piperazine rings is 1. The van der Waals surface area contributed by atoms with Crippen molar-refractivity contribution >= 4 is 12.0 Å². The number of nitrogens with one attached hydrogen (secondary N) is 2. The number of ether oxygens (including phenoxy) is 1. The van der Waals surface area contributed by atoms with E-state index in [1.54, 1.807) is 6.92 Å². The van der Waals surface area contributed by atoms with E-state index >= 15 is 0 Å². The minimum Gasteiger partial charge on any atom is -0.463 e. The Bertz CT molecular complexity index is 712. The summed E-state index contributed by atoms with van der Waals surface area (Å²) in [5.41, 5.74) is 2.54. The summed E-state index contributed by atoms with van der Waals surface area (Å²) in [6.07, 6.45) is 0.649. The van der Waals surface area contributed by atoms with E-state index in [4.69, 9.17) is 4.74 Å². The Labute approximate surface area is 166 Å². The largest absolute Gasteiger partial charge is 0.463 e. The predicted octanol–water partition coefficient (Wildman–Crippen LogP) is 1.71. The molecule has 0 unspecified atom stereocenters. The number of hydrogen-bond donors (Lipinski definition) is 2. The summed E-state index contributed by atoms with van der Waals surface area (Å²) in [7, 11) is 0. The Hall–Kier alpha value is -2.38. The highest BCUT2D eigenvalue weighted by Crippen LogP contribution is 2.19. The van der Waals surface area contributed by atoms with E-state index in [-0.39, 0.29) is 18.0 Å². The summed E-state index contributed by atoms with van der Waals surface area (Å²) in [5.74, 6) is -0.348. The smallest absolute Gasteiger partial charge is 0.337 e. The van der Waals surface area contributed by atoms with Gasteiger partial charge >= 0.3 is 12.0 Å². The molecule has 1 saturated heterocycles. The molecule has 2 amide bonds. The lowest BCUT2D eigenvalue weighted by Crippen LogP contribution is -2.53. The van der Waals surface area contributed by atoms with E-state index in [1.807, 2.05) is 13.0 Å². The number of hydrogen-bond acceptors (Lipinski definition) is 5. The highest BCUT2D eigenvalue weighted by atomic mass is 16.5. The fraction of sp³-hybridized carbons (Fsp3) is 0.524. The van der Waals surface area contributed by atoms with Gasteiger partial charge in [0.05, 0.1) is 18.2 Å². The van der Waals surface area contributed by atoms with Gasteiger partial charge in [0.1, 0.15) is 0 Å². The van der Waals surface area contributed by atoms with Crippen molar-refractivity contribution in [3.05, 3.63) is 47.2 Å².